The fraction of sp³-hybridized carbons (Fsp3) is 1.00. The number of hydrogen-bond donors (Lipinski definition) is 2. The van der Waals surface area contributed by atoms with Gasteiger partial charge in [0.1, 0.15) is 0 Å². The number of nitrogens with two attached hydrogens (primary N) is 1. The second kappa shape index (κ2) is 3.54. The van der Waals surface area contributed by atoms with E-state index in [1.807, 2.05) is 0 Å². The lowest BCUT2D eigenvalue weighted by Crippen LogP contribution is -2.25. The van der Waals surface area contributed by atoms with Crippen LogP contribution in [0.3, 0.4) is 0 Å². The Hall–Kier alpha value is -0.600. The number of nitrogens with zero attached hydrogens (tertiary/aromatic N) is 1. The van der Waals surface area contributed by atoms with E-state index in [2.05, 4.69) is 0 Å². The lowest BCUT2D eigenvalue weighted by molar-refractivity contribution is -0.632. The molecule has 0 unspecified atom stereocenters. The highest BCUT2D eigenvalue weighted by molar-refractivity contribution is 4.63. The zero-order valence-corrected chi connectivity index (χ0v) is 6.34. The van der Waals surface area contributed by atoms with E-state index in [9.17, 15) is 0 Å². The molecule has 1 aliphatic rings. The van der Waals surface area contributed by atoms with Crippen molar-refractivity contribution in [1.29, 1.82) is 5.53 Å². The largest absolute Gasteiger partial charge is 0.202 e. The lowest BCUT2D eigenvalue weighted by Gasteiger charge is -2.16. The molecule has 1 aliphatic carbocycles. The van der Waals surface area contributed by atoms with Crippen molar-refractivity contribution >= 4 is 0 Å². The van der Waals surface area contributed by atoms with Crippen LogP contribution in [-0.4, -0.2) is 11.4 Å². The first kappa shape index (κ1) is 7.51. The Morgan fingerprint density at radius 1 is 1.30 bits per heavy atom. The molecule has 3 N–H and O–H groups in total. The molecule has 0 radical (unpaired) electrons. The average Bonchev–Trinajstić information content (AvgIpc) is 1.88. The van der Waals surface area contributed by atoms with E-state index in [0.29, 0.717) is 5.92 Å². The molecule has 0 amide bonds. The maximum absolute atomic E-state index is 7.03. The second-order valence-electron chi connectivity index (χ2n) is 3.16. The van der Waals surface area contributed by atoms with Crippen LogP contribution in [0.2, 0.25) is 0 Å². The number of hydrazine groups is 1. The van der Waals surface area contributed by atoms with Gasteiger partial charge in [0, 0.05) is 5.92 Å². The van der Waals surface area contributed by atoms with Gasteiger partial charge in [0.25, 0.3) is 0 Å². The standard InChI is InChI=1S/C7H16N3/c8-10(9)6-7-4-2-1-3-5-7/h7H,1-6H2,(H3,8,9)/q+1. The van der Waals surface area contributed by atoms with Gasteiger partial charge < -0.3 is 0 Å². The van der Waals surface area contributed by atoms with Gasteiger partial charge in [-0.3, -0.25) is 0 Å². The third-order valence-electron chi connectivity index (χ3n) is 2.18. The van der Waals surface area contributed by atoms with E-state index in [4.69, 9.17) is 11.4 Å². The first-order chi connectivity index (χ1) is 4.79. The number of hydrogen-bond acceptors (Lipinski definition) is 1. The summed E-state index contributed by atoms with van der Waals surface area (Å²) < 4.78 is 0. The Morgan fingerprint density at radius 2 is 1.90 bits per heavy atom. The number of nitrogens with one attached hydrogen (secondary N) is 1. The molecule has 3 heteroatoms. The Balaban J connectivity index is 2.19. The van der Waals surface area contributed by atoms with E-state index in [0.717, 1.165) is 11.4 Å². The van der Waals surface area contributed by atoms with Crippen molar-refractivity contribution in [1.82, 2.24) is 0 Å². The highest BCUT2D eigenvalue weighted by Crippen LogP contribution is 2.22. The quantitative estimate of drug-likeness (QED) is 0.261. The van der Waals surface area contributed by atoms with Gasteiger partial charge in [-0.05, 0) is 23.2 Å². The fourth-order valence-electron chi connectivity index (χ4n) is 1.65. The van der Waals surface area contributed by atoms with Gasteiger partial charge in [-0.2, -0.15) is 5.84 Å². The highest BCUT2D eigenvalue weighted by atomic mass is 15.4. The summed E-state index contributed by atoms with van der Waals surface area (Å²) in [6.45, 7) is 0.750. The molecule has 0 bridgehead atoms. The summed E-state index contributed by atoms with van der Waals surface area (Å²) in [6, 6.07) is 0. The van der Waals surface area contributed by atoms with Gasteiger partial charge in [0.2, 0.25) is 6.54 Å². The Kier molecular flexibility index (Phi) is 2.66. The highest BCUT2D eigenvalue weighted by Gasteiger charge is 2.17. The van der Waals surface area contributed by atoms with Crippen LogP contribution in [0.1, 0.15) is 32.1 Å². The monoisotopic (exact) mass is 142 g/mol. The first-order valence-electron chi connectivity index (χ1n) is 4.02. The molecular formula is C7H16N3+. The first-order valence-corrected chi connectivity index (χ1v) is 4.02. The molecule has 0 atom stereocenters. The molecule has 0 spiro atoms. The van der Waals surface area contributed by atoms with E-state index in [-0.39, 0.29) is 0 Å². The van der Waals surface area contributed by atoms with Crippen LogP contribution in [0.5, 0.6) is 0 Å². The van der Waals surface area contributed by atoms with Crippen molar-refractivity contribution in [2.75, 3.05) is 6.54 Å². The number of rotatable bonds is 2. The maximum Gasteiger partial charge on any atom is 0.202 e. The third-order valence-corrected chi connectivity index (χ3v) is 2.18. The lowest BCUT2D eigenvalue weighted by atomic mass is 9.89. The van der Waals surface area contributed by atoms with Gasteiger partial charge in [-0.1, -0.05) is 19.3 Å². The summed E-state index contributed by atoms with van der Waals surface area (Å²) in [7, 11) is 0. The minimum absolute atomic E-state index is 0.691. The molecule has 0 heterocycles. The van der Waals surface area contributed by atoms with E-state index in [1.54, 1.807) is 0 Å². The fourth-order valence-corrected chi connectivity index (χ4v) is 1.65. The van der Waals surface area contributed by atoms with Crippen LogP contribution in [-0.2, 0) is 0 Å². The van der Waals surface area contributed by atoms with Crippen molar-refractivity contribution in [3.8, 4) is 0 Å². The summed E-state index contributed by atoms with van der Waals surface area (Å²) in [4.78, 5) is 1.07. The van der Waals surface area contributed by atoms with Crippen molar-refractivity contribution < 1.29 is 4.81 Å². The summed E-state index contributed by atoms with van der Waals surface area (Å²) in [6.07, 6.45) is 6.58. The molecule has 1 rings (SSSR count). The maximum atomic E-state index is 7.03. The van der Waals surface area contributed by atoms with Crippen molar-refractivity contribution in [2.45, 2.75) is 32.1 Å². The average molecular weight is 142 g/mol. The van der Waals surface area contributed by atoms with Crippen molar-refractivity contribution in [3.05, 3.63) is 0 Å². The van der Waals surface area contributed by atoms with Crippen molar-refractivity contribution in [2.24, 2.45) is 11.8 Å². The Bertz CT molecular complexity index is 116. The molecule has 0 aromatic heterocycles. The van der Waals surface area contributed by atoms with Gasteiger partial charge >= 0.3 is 0 Å². The normalized spacial score (nSPS) is 20.8. The predicted octanol–water partition coefficient (Wildman–Crippen LogP) is 1.48. The zero-order chi connectivity index (χ0) is 7.40. The van der Waals surface area contributed by atoms with Crippen LogP contribution in [0.4, 0.5) is 0 Å². The SMILES string of the molecule is N=[N+](N)CC1CCCCC1. The molecule has 0 aromatic rings. The predicted molar refractivity (Wildman–Crippen MR) is 38.6 cm³/mol. The molecule has 58 valence electrons. The second-order valence-corrected chi connectivity index (χ2v) is 3.16. The van der Waals surface area contributed by atoms with Gasteiger partial charge in [-0.25, -0.2) is 0 Å². The summed E-state index contributed by atoms with van der Waals surface area (Å²) >= 11 is 0. The molecular weight excluding hydrogens is 126 g/mol. The zero-order valence-electron chi connectivity index (χ0n) is 6.34. The Labute approximate surface area is 61.7 Å². The summed E-state index contributed by atoms with van der Waals surface area (Å²) in [5.74, 6) is 5.91. The van der Waals surface area contributed by atoms with Gasteiger partial charge in [-0.15, -0.1) is 0 Å². The minimum atomic E-state index is 0.691. The van der Waals surface area contributed by atoms with E-state index < -0.39 is 0 Å². The summed E-state index contributed by atoms with van der Waals surface area (Å²) in [5.41, 5.74) is 7.03. The topological polar surface area (TPSA) is 52.9 Å². The van der Waals surface area contributed by atoms with Crippen LogP contribution >= 0.6 is 0 Å². The Morgan fingerprint density at radius 3 is 2.40 bits per heavy atom. The van der Waals surface area contributed by atoms with E-state index >= 15 is 0 Å². The van der Waals surface area contributed by atoms with Crippen LogP contribution in [0, 0.1) is 11.4 Å². The minimum Gasteiger partial charge on any atom is -0.187 e. The van der Waals surface area contributed by atoms with Gasteiger partial charge in [0.15, 0.2) is 0 Å². The van der Waals surface area contributed by atoms with Crippen molar-refractivity contribution in [3.63, 3.8) is 0 Å². The van der Waals surface area contributed by atoms with Crippen LogP contribution in [0.25, 0.3) is 0 Å². The molecule has 10 heavy (non-hydrogen) atoms. The molecule has 0 aliphatic heterocycles. The summed E-state index contributed by atoms with van der Waals surface area (Å²) in [5, 5.41) is 0. The molecule has 3 nitrogen and oxygen atoms in total. The third kappa shape index (κ3) is 2.33. The molecule has 1 fully saturated rings. The molecule has 1 saturated carbocycles. The smallest absolute Gasteiger partial charge is 0.187 e. The van der Waals surface area contributed by atoms with E-state index in [1.165, 1.54) is 32.1 Å². The van der Waals surface area contributed by atoms with Crippen LogP contribution in [0.15, 0.2) is 0 Å². The molecule has 0 aromatic carbocycles. The van der Waals surface area contributed by atoms with Gasteiger partial charge in [0.05, 0.1) is 0 Å². The molecule has 0 saturated heterocycles. The van der Waals surface area contributed by atoms with Crippen LogP contribution < -0.4 is 5.84 Å².